The summed E-state index contributed by atoms with van der Waals surface area (Å²) in [4.78, 5) is 4.27. The Labute approximate surface area is 111 Å². The zero-order chi connectivity index (χ0) is 12.1. The molecule has 2 rings (SSSR count). The Morgan fingerprint density at radius 3 is 3.12 bits per heavy atom. The van der Waals surface area contributed by atoms with Crippen molar-refractivity contribution in [3.8, 4) is 0 Å². The molecule has 5 nitrogen and oxygen atoms in total. The van der Waals surface area contributed by atoms with Crippen LogP contribution in [-0.4, -0.2) is 23.0 Å². The zero-order valence-electron chi connectivity index (χ0n) is 9.27. The molecule has 0 aromatic carbocycles. The van der Waals surface area contributed by atoms with Crippen LogP contribution in [0.5, 0.6) is 0 Å². The monoisotopic (exact) mass is 317 g/mol. The Morgan fingerprint density at radius 1 is 1.53 bits per heavy atom. The molecule has 7 heteroatoms. The largest absolute Gasteiger partial charge is 0.454 e. The highest BCUT2D eigenvalue weighted by atomic mass is 79.9. The third kappa shape index (κ3) is 3.79. The number of nitrogens with one attached hydrogen (secondary N) is 1. The lowest BCUT2D eigenvalue weighted by molar-refractivity contribution is 0.179. The average Bonchev–Trinajstić information content (AvgIpc) is 2.89. The Morgan fingerprint density at radius 2 is 2.41 bits per heavy atom. The maximum Gasteiger partial charge on any atom is 0.202 e. The molecular weight excluding hydrogens is 306 g/mol. The van der Waals surface area contributed by atoms with Crippen molar-refractivity contribution >= 4 is 32.6 Å². The molecule has 0 radical (unpaired) electrons. The van der Waals surface area contributed by atoms with Crippen LogP contribution < -0.4 is 5.32 Å². The molecule has 0 atom stereocenters. The fourth-order valence-electron chi connectivity index (χ4n) is 1.29. The third-order valence-electron chi connectivity index (χ3n) is 2.02. The van der Waals surface area contributed by atoms with Gasteiger partial charge in [0.15, 0.2) is 10.5 Å². The molecule has 2 heterocycles. The van der Waals surface area contributed by atoms with Gasteiger partial charge in [-0.15, -0.1) is 0 Å². The van der Waals surface area contributed by atoms with Gasteiger partial charge < -0.3 is 14.5 Å². The Hall–Kier alpha value is -0.920. The van der Waals surface area contributed by atoms with Crippen LogP contribution in [0.4, 0.5) is 5.13 Å². The van der Waals surface area contributed by atoms with Gasteiger partial charge in [0.25, 0.3) is 0 Å². The lowest BCUT2D eigenvalue weighted by Crippen LogP contribution is -2.04. The molecule has 2 aromatic heterocycles. The van der Waals surface area contributed by atoms with Gasteiger partial charge in [-0.1, -0.05) is 0 Å². The SMILES string of the molecule is COCc1nsc(NCCc2ccc(Br)o2)n1. The molecule has 0 bridgehead atoms. The van der Waals surface area contributed by atoms with E-state index in [1.54, 1.807) is 7.11 Å². The maximum absolute atomic E-state index is 5.39. The Balaban J connectivity index is 1.77. The van der Waals surface area contributed by atoms with Crippen LogP contribution >= 0.6 is 27.5 Å². The molecule has 0 aliphatic heterocycles. The smallest absolute Gasteiger partial charge is 0.202 e. The highest BCUT2D eigenvalue weighted by Crippen LogP contribution is 2.15. The van der Waals surface area contributed by atoms with E-state index in [-0.39, 0.29) is 0 Å². The minimum atomic E-state index is 0.448. The fraction of sp³-hybridized carbons (Fsp3) is 0.400. The number of nitrogens with zero attached hydrogens (tertiary/aromatic N) is 2. The van der Waals surface area contributed by atoms with Crippen LogP contribution in [0.2, 0.25) is 0 Å². The molecule has 0 unspecified atom stereocenters. The molecular formula is C10H12BrN3O2S. The standard InChI is InChI=1S/C10H12BrN3O2S/c1-15-6-9-13-10(17-14-9)12-5-4-7-2-3-8(11)16-7/h2-3H,4-6H2,1H3,(H,12,13,14). The summed E-state index contributed by atoms with van der Waals surface area (Å²) in [7, 11) is 1.63. The van der Waals surface area contributed by atoms with E-state index in [0.717, 1.165) is 28.5 Å². The van der Waals surface area contributed by atoms with E-state index in [1.807, 2.05) is 12.1 Å². The first kappa shape index (κ1) is 12.5. The van der Waals surface area contributed by atoms with E-state index in [4.69, 9.17) is 9.15 Å². The van der Waals surface area contributed by atoms with Crippen LogP contribution in [0.15, 0.2) is 21.2 Å². The minimum absolute atomic E-state index is 0.448. The van der Waals surface area contributed by atoms with Crippen LogP contribution in [0, 0.1) is 0 Å². The molecule has 0 spiro atoms. The lowest BCUT2D eigenvalue weighted by atomic mass is 10.3. The minimum Gasteiger partial charge on any atom is -0.454 e. The van der Waals surface area contributed by atoms with Gasteiger partial charge in [-0.3, -0.25) is 0 Å². The molecule has 2 aromatic rings. The van der Waals surface area contributed by atoms with E-state index >= 15 is 0 Å². The molecule has 0 amide bonds. The highest BCUT2D eigenvalue weighted by Gasteiger charge is 2.04. The van der Waals surface area contributed by atoms with Crippen molar-refractivity contribution in [2.75, 3.05) is 19.0 Å². The summed E-state index contributed by atoms with van der Waals surface area (Å²) in [5.74, 6) is 1.65. The quantitative estimate of drug-likeness (QED) is 0.887. The zero-order valence-corrected chi connectivity index (χ0v) is 11.7. The molecule has 92 valence electrons. The second-order valence-electron chi connectivity index (χ2n) is 3.33. The summed E-state index contributed by atoms with van der Waals surface area (Å²) < 4.78 is 15.2. The van der Waals surface area contributed by atoms with Gasteiger partial charge in [-0.2, -0.15) is 4.37 Å². The number of hydrogen-bond donors (Lipinski definition) is 1. The van der Waals surface area contributed by atoms with Gasteiger partial charge in [0.05, 0.1) is 0 Å². The van der Waals surface area contributed by atoms with Crippen LogP contribution in [0.25, 0.3) is 0 Å². The lowest BCUT2D eigenvalue weighted by Gasteiger charge is -1.99. The molecule has 0 fully saturated rings. The number of halogens is 1. The van der Waals surface area contributed by atoms with Crippen LogP contribution in [0.3, 0.4) is 0 Å². The predicted molar refractivity (Wildman–Crippen MR) is 69.2 cm³/mol. The first-order valence-electron chi connectivity index (χ1n) is 5.07. The van der Waals surface area contributed by atoms with Crippen molar-refractivity contribution in [2.45, 2.75) is 13.0 Å². The van der Waals surface area contributed by atoms with Crippen molar-refractivity contribution < 1.29 is 9.15 Å². The highest BCUT2D eigenvalue weighted by molar-refractivity contribution is 9.10. The van der Waals surface area contributed by atoms with Gasteiger partial charge in [0, 0.05) is 31.6 Å². The first-order chi connectivity index (χ1) is 8.28. The normalized spacial score (nSPS) is 10.7. The number of anilines is 1. The summed E-state index contributed by atoms with van der Waals surface area (Å²) in [6, 6.07) is 3.83. The van der Waals surface area contributed by atoms with Crippen LogP contribution in [0.1, 0.15) is 11.6 Å². The van der Waals surface area contributed by atoms with E-state index in [0.29, 0.717) is 12.4 Å². The van der Waals surface area contributed by atoms with Gasteiger partial charge in [-0.25, -0.2) is 4.98 Å². The number of ether oxygens (including phenoxy) is 1. The number of aromatic nitrogens is 2. The number of furan rings is 1. The van der Waals surface area contributed by atoms with Crippen molar-refractivity contribution in [1.29, 1.82) is 0 Å². The molecule has 17 heavy (non-hydrogen) atoms. The molecule has 0 aliphatic carbocycles. The van der Waals surface area contributed by atoms with Crippen molar-refractivity contribution in [3.05, 3.63) is 28.4 Å². The average molecular weight is 318 g/mol. The summed E-state index contributed by atoms with van der Waals surface area (Å²) in [5, 5.41) is 4.00. The topological polar surface area (TPSA) is 60.2 Å². The van der Waals surface area contributed by atoms with E-state index in [1.165, 1.54) is 11.5 Å². The van der Waals surface area contributed by atoms with Gasteiger partial charge >= 0.3 is 0 Å². The third-order valence-corrected chi connectivity index (χ3v) is 3.15. The van der Waals surface area contributed by atoms with Crippen LogP contribution in [-0.2, 0) is 17.8 Å². The van der Waals surface area contributed by atoms with Crippen molar-refractivity contribution in [3.63, 3.8) is 0 Å². The summed E-state index contributed by atoms with van der Waals surface area (Å²) in [5.41, 5.74) is 0. The fourth-order valence-corrected chi connectivity index (χ4v) is 2.23. The number of methoxy groups -OCH3 is 1. The van der Waals surface area contributed by atoms with Crippen molar-refractivity contribution in [2.24, 2.45) is 0 Å². The van der Waals surface area contributed by atoms with E-state index < -0.39 is 0 Å². The van der Waals surface area contributed by atoms with E-state index in [9.17, 15) is 0 Å². The van der Waals surface area contributed by atoms with Gasteiger partial charge in [0.1, 0.15) is 12.4 Å². The molecule has 1 N–H and O–H groups in total. The summed E-state index contributed by atoms with van der Waals surface area (Å²) >= 11 is 4.61. The number of rotatable bonds is 6. The molecule has 0 aliphatic rings. The van der Waals surface area contributed by atoms with E-state index in [2.05, 4.69) is 30.6 Å². The Kier molecular flexibility index (Phi) is 4.52. The Bertz CT molecular complexity index is 472. The summed E-state index contributed by atoms with van der Waals surface area (Å²) in [6.45, 7) is 1.21. The van der Waals surface area contributed by atoms with Gasteiger partial charge in [-0.05, 0) is 28.1 Å². The second-order valence-corrected chi connectivity index (χ2v) is 4.86. The summed E-state index contributed by atoms with van der Waals surface area (Å²) in [6.07, 6.45) is 0.810. The maximum atomic E-state index is 5.39. The second kappa shape index (κ2) is 6.13. The molecule has 0 saturated carbocycles. The predicted octanol–water partition coefficient (Wildman–Crippen LogP) is 2.69. The number of hydrogen-bond acceptors (Lipinski definition) is 6. The first-order valence-corrected chi connectivity index (χ1v) is 6.64. The van der Waals surface area contributed by atoms with Gasteiger partial charge in [0.2, 0.25) is 5.13 Å². The molecule has 0 saturated heterocycles. The van der Waals surface area contributed by atoms with Crippen molar-refractivity contribution in [1.82, 2.24) is 9.36 Å².